The van der Waals surface area contributed by atoms with E-state index in [0.717, 1.165) is 11.4 Å². The first-order chi connectivity index (χ1) is 10.1. The molecule has 110 valence electrons. The molecule has 2 N–H and O–H groups in total. The van der Waals surface area contributed by atoms with E-state index in [1.165, 1.54) is 5.56 Å². The predicted octanol–water partition coefficient (Wildman–Crippen LogP) is 3.75. The maximum Gasteiger partial charge on any atom is 0.171 e. The Labute approximate surface area is 131 Å². The van der Waals surface area contributed by atoms with Crippen molar-refractivity contribution in [1.29, 1.82) is 0 Å². The van der Waals surface area contributed by atoms with Crippen molar-refractivity contribution in [3.05, 3.63) is 60.2 Å². The van der Waals surface area contributed by atoms with Gasteiger partial charge in [-0.15, -0.1) is 0 Å². The van der Waals surface area contributed by atoms with Crippen LogP contribution < -0.4 is 15.4 Å². The lowest BCUT2D eigenvalue weighted by atomic mass is 10.2. The highest BCUT2D eigenvalue weighted by Gasteiger charge is 2.05. The minimum absolute atomic E-state index is 0.120. The molecular weight excluding hydrogens is 280 g/mol. The molecule has 0 radical (unpaired) electrons. The van der Waals surface area contributed by atoms with Gasteiger partial charge in [-0.25, -0.2) is 0 Å². The third-order valence-corrected chi connectivity index (χ3v) is 3.15. The Kier molecular flexibility index (Phi) is 5.58. The lowest BCUT2D eigenvalue weighted by Crippen LogP contribution is -2.39. The summed E-state index contributed by atoms with van der Waals surface area (Å²) in [4.78, 5) is 0. The number of hydrogen-bond donors (Lipinski definition) is 2. The summed E-state index contributed by atoms with van der Waals surface area (Å²) in [6, 6.07) is 18.0. The van der Waals surface area contributed by atoms with Gasteiger partial charge in [-0.2, -0.15) is 0 Å². The highest BCUT2D eigenvalue weighted by Crippen LogP contribution is 2.11. The van der Waals surface area contributed by atoms with Gasteiger partial charge >= 0.3 is 0 Å². The van der Waals surface area contributed by atoms with Crippen LogP contribution in [-0.4, -0.2) is 17.8 Å². The monoisotopic (exact) mass is 300 g/mol. The second kappa shape index (κ2) is 7.64. The topological polar surface area (TPSA) is 33.3 Å². The van der Waals surface area contributed by atoms with Crippen molar-refractivity contribution in [2.75, 3.05) is 11.9 Å². The van der Waals surface area contributed by atoms with E-state index in [-0.39, 0.29) is 6.04 Å². The number of aryl methyl sites for hydroxylation is 1. The molecule has 2 aromatic carbocycles. The van der Waals surface area contributed by atoms with Gasteiger partial charge in [0, 0.05) is 5.69 Å². The molecule has 0 aliphatic rings. The summed E-state index contributed by atoms with van der Waals surface area (Å²) in [5.74, 6) is 0.871. The van der Waals surface area contributed by atoms with Gasteiger partial charge in [-0.05, 0) is 50.3 Å². The first-order valence-electron chi connectivity index (χ1n) is 6.95. The number of ether oxygens (including phenoxy) is 1. The van der Waals surface area contributed by atoms with Crippen molar-refractivity contribution in [1.82, 2.24) is 5.32 Å². The van der Waals surface area contributed by atoms with Crippen LogP contribution in [0.4, 0.5) is 5.69 Å². The third-order valence-electron chi connectivity index (χ3n) is 2.93. The Hall–Kier alpha value is -2.07. The van der Waals surface area contributed by atoms with Crippen molar-refractivity contribution in [3.63, 3.8) is 0 Å². The second-order valence-electron chi connectivity index (χ2n) is 4.99. The lowest BCUT2D eigenvalue weighted by molar-refractivity contribution is 0.287. The van der Waals surface area contributed by atoms with E-state index < -0.39 is 0 Å². The van der Waals surface area contributed by atoms with Gasteiger partial charge in [-0.1, -0.05) is 35.9 Å². The molecule has 0 fully saturated rings. The molecule has 0 amide bonds. The smallest absolute Gasteiger partial charge is 0.171 e. The number of para-hydroxylation sites is 1. The molecule has 0 aliphatic carbocycles. The largest absolute Gasteiger partial charge is 0.491 e. The maximum atomic E-state index is 5.72. The number of hydrogen-bond acceptors (Lipinski definition) is 2. The molecule has 4 heteroatoms. The summed E-state index contributed by atoms with van der Waals surface area (Å²) in [5, 5.41) is 6.95. The normalized spacial score (nSPS) is 11.5. The average molecular weight is 300 g/mol. The van der Waals surface area contributed by atoms with E-state index >= 15 is 0 Å². The zero-order valence-electron chi connectivity index (χ0n) is 12.3. The van der Waals surface area contributed by atoms with E-state index in [2.05, 4.69) is 17.6 Å². The number of rotatable bonds is 5. The lowest BCUT2D eigenvalue weighted by Gasteiger charge is -2.17. The van der Waals surface area contributed by atoms with Crippen LogP contribution in [0.3, 0.4) is 0 Å². The van der Waals surface area contributed by atoms with E-state index in [4.69, 9.17) is 17.0 Å². The molecule has 0 aromatic heterocycles. The van der Waals surface area contributed by atoms with Gasteiger partial charge in [0.15, 0.2) is 5.11 Å². The van der Waals surface area contributed by atoms with Crippen molar-refractivity contribution in [2.24, 2.45) is 0 Å². The van der Waals surface area contributed by atoms with E-state index in [9.17, 15) is 0 Å². The van der Waals surface area contributed by atoms with Crippen molar-refractivity contribution < 1.29 is 4.74 Å². The Morgan fingerprint density at radius 1 is 1.10 bits per heavy atom. The van der Waals surface area contributed by atoms with E-state index in [1.54, 1.807) is 0 Å². The molecule has 0 heterocycles. The first-order valence-corrected chi connectivity index (χ1v) is 7.36. The van der Waals surface area contributed by atoms with Crippen molar-refractivity contribution >= 4 is 23.0 Å². The maximum absolute atomic E-state index is 5.72. The highest BCUT2D eigenvalue weighted by atomic mass is 32.1. The van der Waals surface area contributed by atoms with Gasteiger partial charge in [0.2, 0.25) is 0 Å². The van der Waals surface area contributed by atoms with E-state index in [1.807, 2.05) is 61.5 Å². The Bertz CT molecular complexity index is 569. The van der Waals surface area contributed by atoms with Gasteiger partial charge in [0.25, 0.3) is 0 Å². The predicted molar refractivity (Wildman–Crippen MR) is 91.9 cm³/mol. The second-order valence-corrected chi connectivity index (χ2v) is 5.40. The number of anilines is 1. The molecule has 0 saturated carbocycles. The molecule has 0 unspecified atom stereocenters. The molecule has 0 bridgehead atoms. The summed E-state index contributed by atoms with van der Waals surface area (Å²) in [6.45, 7) is 4.65. The molecule has 3 nitrogen and oxygen atoms in total. The molecule has 1 atom stereocenters. The number of benzene rings is 2. The van der Waals surface area contributed by atoms with Gasteiger partial charge in [0.05, 0.1) is 6.04 Å². The Morgan fingerprint density at radius 3 is 2.43 bits per heavy atom. The minimum Gasteiger partial charge on any atom is -0.491 e. The quantitative estimate of drug-likeness (QED) is 0.824. The van der Waals surface area contributed by atoms with Gasteiger partial charge in [-0.3, -0.25) is 0 Å². The first kappa shape index (κ1) is 15.3. The molecule has 2 rings (SSSR count). The summed E-state index contributed by atoms with van der Waals surface area (Å²) >= 11 is 5.28. The molecular formula is C17H20N2OS. The SMILES string of the molecule is Cc1ccc(OC[C@@H](C)NC(=S)Nc2ccccc2)cc1. The van der Waals surface area contributed by atoms with Crippen LogP contribution in [0.15, 0.2) is 54.6 Å². The molecule has 0 aliphatic heterocycles. The van der Waals surface area contributed by atoms with Gasteiger partial charge in [0.1, 0.15) is 12.4 Å². The fraction of sp³-hybridized carbons (Fsp3) is 0.235. The number of thiocarbonyl (C=S) groups is 1. The summed E-state index contributed by atoms with van der Waals surface area (Å²) in [5.41, 5.74) is 2.20. The minimum atomic E-state index is 0.120. The zero-order valence-corrected chi connectivity index (χ0v) is 13.1. The van der Waals surface area contributed by atoms with Gasteiger partial charge < -0.3 is 15.4 Å². The summed E-state index contributed by atoms with van der Waals surface area (Å²) < 4.78 is 5.72. The summed E-state index contributed by atoms with van der Waals surface area (Å²) in [6.07, 6.45) is 0. The van der Waals surface area contributed by atoms with Crippen LogP contribution in [0, 0.1) is 6.92 Å². The van der Waals surface area contributed by atoms with Crippen LogP contribution in [0.25, 0.3) is 0 Å². The van der Waals surface area contributed by atoms with Crippen LogP contribution in [0.5, 0.6) is 5.75 Å². The summed E-state index contributed by atoms with van der Waals surface area (Å²) in [7, 11) is 0. The Morgan fingerprint density at radius 2 is 1.76 bits per heavy atom. The van der Waals surface area contributed by atoms with Crippen LogP contribution in [0.2, 0.25) is 0 Å². The fourth-order valence-corrected chi connectivity index (χ4v) is 2.13. The van der Waals surface area contributed by atoms with Crippen molar-refractivity contribution in [2.45, 2.75) is 19.9 Å². The molecule has 0 saturated heterocycles. The van der Waals surface area contributed by atoms with Crippen LogP contribution >= 0.6 is 12.2 Å². The molecule has 21 heavy (non-hydrogen) atoms. The average Bonchev–Trinajstić information content (AvgIpc) is 2.47. The standard InChI is InChI=1S/C17H20N2OS/c1-13-8-10-16(11-9-13)20-12-14(2)18-17(21)19-15-6-4-3-5-7-15/h3-11,14H,12H2,1-2H3,(H2,18,19,21)/t14-/m1/s1. The molecule has 0 spiro atoms. The third kappa shape index (κ3) is 5.44. The fourth-order valence-electron chi connectivity index (χ4n) is 1.81. The highest BCUT2D eigenvalue weighted by molar-refractivity contribution is 7.80. The van der Waals surface area contributed by atoms with Crippen LogP contribution in [0.1, 0.15) is 12.5 Å². The van der Waals surface area contributed by atoms with Crippen molar-refractivity contribution in [3.8, 4) is 5.75 Å². The zero-order chi connectivity index (χ0) is 15.1. The van der Waals surface area contributed by atoms with E-state index in [0.29, 0.717) is 11.7 Å². The molecule has 2 aromatic rings. The van der Waals surface area contributed by atoms with Crippen LogP contribution in [-0.2, 0) is 0 Å². The Balaban J connectivity index is 1.75. The number of nitrogens with one attached hydrogen (secondary N) is 2.